The number of phenolic OH excluding ortho intramolecular Hbond substituents is 1. The van der Waals surface area contributed by atoms with Gasteiger partial charge in [-0.2, -0.15) is 0 Å². The molecule has 6 atom stereocenters. The van der Waals surface area contributed by atoms with Crippen molar-refractivity contribution < 1.29 is 44.0 Å². The second kappa shape index (κ2) is 19.9. The molecule has 0 spiro atoms. The van der Waals surface area contributed by atoms with Crippen LogP contribution in [0.3, 0.4) is 0 Å². The van der Waals surface area contributed by atoms with E-state index < -0.39 is 72.5 Å². The number of nitrogens with two attached hydrogens (primary N) is 3. The number of guanidine groups is 1. The van der Waals surface area contributed by atoms with Crippen molar-refractivity contribution in [2.75, 3.05) is 6.54 Å². The first kappa shape index (κ1) is 41.2. The van der Waals surface area contributed by atoms with E-state index in [0.29, 0.717) is 12.0 Å². The third kappa shape index (κ3) is 12.8. The number of nitrogens with zero attached hydrogens (tertiary/aromatic N) is 1. The highest BCUT2D eigenvalue weighted by molar-refractivity contribution is 5.98. The van der Waals surface area contributed by atoms with E-state index in [4.69, 9.17) is 21.9 Å². The Morgan fingerprint density at radius 3 is 2.40 bits per heavy atom. The molecule has 50 heavy (non-hydrogen) atoms. The van der Waals surface area contributed by atoms with Gasteiger partial charge in [0.25, 0.3) is 5.91 Å². The SMILES string of the molecule is CC/C=C/C=C(\C)C(=O)N[C@H](CC(N)=O)C(=O)N[C@@H](CCCN=C(N)N)[C@H](O)[C@H](O)C(=O)N[C@@H](CC(C)C)[C@@H]1Cc2cccc(O)c2C(=O)O1. The van der Waals surface area contributed by atoms with E-state index in [0.717, 1.165) is 6.42 Å². The number of hydrogen-bond donors (Lipinski definition) is 9. The standard InChI is InChI=1S/C34H51N7O9/c1-5-6-7-10-19(4)30(46)41-23(17-26(35)43)31(47)39-21(12-9-14-38-34(36)37)28(44)29(45)32(48)40-22(15-18(2)3)25-16-20-11-8-13-24(42)27(20)33(49)50-25/h6-8,10-11,13,18,21-23,25,28-29,42,44-45H,5,9,12,14-17H2,1-4H3,(H2,35,43)(H,39,47)(H,40,48)(H,41,46)(H4,36,37,38)/b7-6+,19-10+/t21-,22-,23+,25-,28-,29-/m0/s1. The molecule has 276 valence electrons. The van der Waals surface area contributed by atoms with E-state index in [1.54, 1.807) is 18.2 Å². The number of fused-ring (bicyclic) bond motifs is 1. The van der Waals surface area contributed by atoms with E-state index in [1.165, 1.54) is 19.1 Å². The van der Waals surface area contributed by atoms with Gasteiger partial charge in [-0.05, 0) is 50.2 Å². The quantitative estimate of drug-likeness (QED) is 0.0222. The van der Waals surface area contributed by atoms with Gasteiger partial charge in [-0.25, -0.2) is 4.79 Å². The highest BCUT2D eigenvalue weighted by atomic mass is 16.5. The lowest BCUT2D eigenvalue weighted by atomic mass is 9.90. The zero-order valence-electron chi connectivity index (χ0n) is 28.9. The Kier molecular flexibility index (Phi) is 16.4. The van der Waals surface area contributed by atoms with Crippen molar-refractivity contribution in [2.45, 2.75) is 103 Å². The molecule has 1 aromatic carbocycles. The van der Waals surface area contributed by atoms with Gasteiger partial charge in [0.15, 0.2) is 12.1 Å². The Morgan fingerprint density at radius 2 is 1.78 bits per heavy atom. The highest BCUT2D eigenvalue weighted by Gasteiger charge is 2.39. The van der Waals surface area contributed by atoms with Crippen LogP contribution >= 0.6 is 0 Å². The lowest BCUT2D eigenvalue weighted by Gasteiger charge is -2.34. The Bertz CT molecular complexity index is 1460. The number of aromatic hydroxyl groups is 1. The summed E-state index contributed by atoms with van der Waals surface area (Å²) in [7, 11) is 0. The molecule has 1 aliphatic heterocycles. The average molecular weight is 702 g/mol. The minimum absolute atomic E-state index is 0.00719. The minimum atomic E-state index is -2.09. The van der Waals surface area contributed by atoms with E-state index in [-0.39, 0.29) is 54.6 Å². The number of ether oxygens (including phenoxy) is 1. The van der Waals surface area contributed by atoms with Crippen LogP contribution in [0.15, 0.2) is 47.0 Å². The molecule has 16 nitrogen and oxygen atoms in total. The number of carbonyl (C=O) groups excluding carboxylic acids is 5. The minimum Gasteiger partial charge on any atom is -0.507 e. The first-order valence-corrected chi connectivity index (χ1v) is 16.5. The smallest absolute Gasteiger partial charge is 0.342 e. The number of cyclic esters (lactones) is 1. The van der Waals surface area contributed by atoms with Gasteiger partial charge in [-0.1, -0.05) is 51.1 Å². The maximum Gasteiger partial charge on any atom is 0.342 e. The lowest BCUT2D eigenvalue weighted by Crippen LogP contribution is -2.59. The third-order valence-electron chi connectivity index (χ3n) is 7.92. The number of benzene rings is 1. The predicted octanol–water partition coefficient (Wildman–Crippen LogP) is -0.462. The van der Waals surface area contributed by atoms with Crippen LogP contribution in [0.5, 0.6) is 5.75 Å². The number of rotatable bonds is 19. The van der Waals surface area contributed by atoms with Crippen LogP contribution in [0.4, 0.5) is 0 Å². The molecule has 0 saturated carbocycles. The van der Waals surface area contributed by atoms with Gasteiger partial charge in [0.05, 0.1) is 18.5 Å². The molecule has 16 heteroatoms. The average Bonchev–Trinajstić information content (AvgIpc) is 3.03. The van der Waals surface area contributed by atoms with Gasteiger partial charge < -0.3 is 53.2 Å². The highest BCUT2D eigenvalue weighted by Crippen LogP contribution is 2.30. The van der Waals surface area contributed by atoms with Crippen molar-refractivity contribution in [2.24, 2.45) is 28.1 Å². The molecule has 4 amide bonds. The van der Waals surface area contributed by atoms with Crippen LogP contribution in [0.25, 0.3) is 0 Å². The number of aliphatic hydroxyl groups excluding tert-OH is 2. The number of allylic oxidation sites excluding steroid dienone is 3. The van der Waals surface area contributed by atoms with Gasteiger partial charge in [0.2, 0.25) is 17.7 Å². The van der Waals surface area contributed by atoms with Gasteiger partial charge in [0, 0.05) is 18.5 Å². The summed E-state index contributed by atoms with van der Waals surface area (Å²) < 4.78 is 5.59. The zero-order valence-corrected chi connectivity index (χ0v) is 28.9. The summed E-state index contributed by atoms with van der Waals surface area (Å²) in [5.74, 6) is -4.61. The summed E-state index contributed by atoms with van der Waals surface area (Å²) in [4.78, 5) is 68.1. The lowest BCUT2D eigenvalue weighted by molar-refractivity contribution is -0.140. The van der Waals surface area contributed by atoms with Crippen LogP contribution < -0.4 is 33.2 Å². The Labute approximate surface area is 291 Å². The van der Waals surface area contributed by atoms with E-state index in [1.807, 2.05) is 26.8 Å². The molecule has 0 radical (unpaired) electrons. The second-order valence-corrected chi connectivity index (χ2v) is 12.6. The van der Waals surface area contributed by atoms with Gasteiger partial charge in [0.1, 0.15) is 29.6 Å². The molecule has 0 saturated heterocycles. The van der Waals surface area contributed by atoms with Crippen molar-refractivity contribution in [1.29, 1.82) is 0 Å². The van der Waals surface area contributed by atoms with Crippen molar-refractivity contribution in [3.8, 4) is 5.75 Å². The fourth-order valence-corrected chi connectivity index (χ4v) is 5.36. The summed E-state index contributed by atoms with van der Waals surface area (Å²) in [6.45, 7) is 7.29. The summed E-state index contributed by atoms with van der Waals surface area (Å²) >= 11 is 0. The summed E-state index contributed by atoms with van der Waals surface area (Å²) in [6.07, 6.45) is 0.996. The van der Waals surface area contributed by atoms with E-state index in [2.05, 4.69) is 20.9 Å². The van der Waals surface area contributed by atoms with Gasteiger partial charge in [-0.15, -0.1) is 0 Å². The number of hydrogen-bond acceptors (Lipinski definition) is 10. The summed E-state index contributed by atoms with van der Waals surface area (Å²) in [5.41, 5.74) is 17.0. The van der Waals surface area contributed by atoms with Crippen LogP contribution in [0, 0.1) is 5.92 Å². The predicted molar refractivity (Wildman–Crippen MR) is 185 cm³/mol. The number of primary amides is 1. The molecule has 1 aromatic rings. The van der Waals surface area contributed by atoms with Gasteiger partial charge >= 0.3 is 5.97 Å². The first-order chi connectivity index (χ1) is 23.5. The van der Waals surface area contributed by atoms with Crippen LogP contribution in [0.2, 0.25) is 0 Å². The fraction of sp³-hybridized carbons (Fsp3) is 0.529. The molecule has 0 fully saturated rings. The molecule has 0 aliphatic carbocycles. The molecule has 0 bridgehead atoms. The molecule has 0 aromatic heterocycles. The normalized spacial score (nSPS) is 17.5. The second-order valence-electron chi connectivity index (χ2n) is 12.6. The Hall–Kier alpha value is -4.96. The number of aliphatic hydroxyl groups is 2. The zero-order chi connectivity index (χ0) is 37.5. The fourth-order valence-electron chi connectivity index (χ4n) is 5.36. The van der Waals surface area contributed by atoms with Gasteiger partial charge in [-0.3, -0.25) is 24.2 Å². The molecular formula is C34H51N7O9. The van der Waals surface area contributed by atoms with Crippen molar-refractivity contribution in [3.63, 3.8) is 0 Å². The Morgan fingerprint density at radius 1 is 1.08 bits per heavy atom. The molecule has 12 N–H and O–H groups in total. The summed E-state index contributed by atoms with van der Waals surface area (Å²) in [5, 5.41) is 40.1. The molecule has 0 unspecified atom stereocenters. The Balaban J connectivity index is 2.29. The molecular weight excluding hydrogens is 650 g/mol. The first-order valence-electron chi connectivity index (χ1n) is 16.5. The molecule has 1 aliphatic rings. The van der Waals surface area contributed by atoms with Crippen LogP contribution in [-0.2, 0) is 30.3 Å². The maximum absolute atomic E-state index is 13.4. The monoisotopic (exact) mass is 701 g/mol. The summed E-state index contributed by atoms with van der Waals surface area (Å²) in [6, 6.07) is 1.09. The number of nitrogens with one attached hydrogen (secondary N) is 3. The topological polar surface area (TPSA) is 282 Å². The van der Waals surface area contributed by atoms with Crippen LogP contribution in [-0.4, -0.2) is 93.9 Å². The number of phenols is 1. The van der Waals surface area contributed by atoms with E-state index in [9.17, 15) is 39.3 Å². The maximum atomic E-state index is 13.4. The van der Waals surface area contributed by atoms with Crippen molar-refractivity contribution in [3.05, 3.63) is 53.1 Å². The molecule has 2 rings (SSSR count). The van der Waals surface area contributed by atoms with E-state index >= 15 is 0 Å². The number of carbonyl (C=O) groups is 5. The molecule has 1 heterocycles. The number of esters is 1. The largest absolute Gasteiger partial charge is 0.507 e. The third-order valence-corrected chi connectivity index (χ3v) is 7.92. The van der Waals surface area contributed by atoms with Crippen molar-refractivity contribution >= 4 is 35.6 Å². The van der Waals surface area contributed by atoms with Crippen LogP contribution in [0.1, 0.15) is 75.7 Å². The van der Waals surface area contributed by atoms with Crippen molar-refractivity contribution in [1.82, 2.24) is 16.0 Å². The number of amides is 4. The number of aliphatic imine (C=N–C) groups is 1.